The second-order valence-corrected chi connectivity index (χ2v) is 7.98. The van der Waals surface area contributed by atoms with Crippen molar-refractivity contribution in [2.45, 2.75) is 6.18 Å². The third-order valence-corrected chi connectivity index (χ3v) is 5.75. The Balaban J connectivity index is 1.31. The first kappa shape index (κ1) is 21.8. The molecular weight excluding hydrogens is 445 g/mol. The van der Waals surface area contributed by atoms with Crippen LogP contribution in [0.2, 0.25) is 0 Å². The minimum atomic E-state index is -4.47. The molecule has 0 bridgehead atoms. The van der Waals surface area contributed by atoms with Gasteiger partial charge in [-0.3, -0.25) is 0 Å². The summed E-state index contributed by atoms with van der Waals surface area (Å²) in [5.74, 6) is 2.14. The maximum Gasteiger partial charge on any atom is 0.416 e. The maximum atomic E-state index is 13.0. The van der Waals surface area contributed by atoms with Crippen LogP contribution < -0.4 is 10.1 Å². The largest absolute Gasteiger partial charge is 0.454 e. The number of alkyl halides is 3. The molecule has 0 unspecified atom stereocenters. The molecule has 0 spiro atoms. The van der Waals surface area contributed by atoms with Crippen LogP contribution in [0, 0.1) is 0 Å². The van der Waals surface area contributed by atoms with Crippen LogP contribution >= 0.6 is 0 Å². The summed E-state index contributed by atoms with van der Waals surface area (Å²) in [6, 6.07) is 19.4. The van der Waals surface area contributed by atoms with E-state index in [1.54, 1.807) is 4.90 Å². The number of benzene rings is 3. The Morgan fingerprint density at radius 2 is 1.59 bits per heavy atom. The van der Waals surface area contributed by atoms with Crippen LogP contribution in [0.5, 0.6) is 11.5 Å². The molecule has 34 heavy (non-hydrogen) atoms. The number of ether oxygens (including phenoxy) is 1. The molecule has 0 radical (unpaired) electrons. The number of amides is 2. The van der Waals surface area contributed by atoms with Crippen molar-refractivity contribution in [3.05, 3.63) is 83.9 Å². The highest BCUT2D eigenvalue weighted by Crippen LogP contribution is 2.38. The molecule has 1 fully saturated rings. The highest BCUT2D eigenvalue weighted by molar-refractivity contribution is 6.04. The van der Waals surface area contributed by atoms with E-state index in [0.717, 1.165) is 29.2 Å². The fourth-order valence-corrected chi connectivity index (χ4v) is 4.01. The molecule has 2 aliphatic heterocycles. The lowest BCUT2D eigenvalue weighted by Gasteiger charge is -2.36. The first-order valence-electron chi connectivity index (χ1n) is 10.8. The molecule has 2 amide bonds. The van der Waals surface area contributed by atoms with Gasteiger partial charge in [0.05, 0.1) is 11.1 Å². The molecule has 1 saturated heterocycles. The monoisotopic (exact) mass is 466 g/mol. The molecule has 0 saturated carbocycles. The van der Waals surface area contributed by atoms with Crippen LogP contribution in [0.3, 0.4) is 0 Å². The van der Waals surface area contributed by atoms with Gasteiger partial charge in [-0.1, -0.05) is 30.3 Å². The topological polar surface area (TPSA) is 57.2 Å². The van der Waals surface area contributed by atoms with Crippen LogP contribution in [0.15, 0.2) is 77.8 Å². The number of urea groups is 1. The van der Waals surface area contributed by atoms with E-state index in [2.05, 4.69) is 10.2 Å². The van der Waals surface area contributed by atoms with Crippen LogP contribution in [-0.4, -0.2) is 47.8 Å². The van der Waals surface area contributed by atoms with E-state index < -0.39 is 17.8 Å². The number of rotatable bonds is 1. The number of amidine groups is 1. The number of aliphatic imine (C=N–C) groups is 1. The van der Waals surface area contributed by atoms with Gasteiger partial charge in [0, 0.05) is 31.9 Å². The van der Waals surface area contributed by atoms with Crippen molar-refractivity contribution in [1.29, 1.82) is 0 Å². The van der Waals surface area contributed by atoms with Gasteiger partial charge in [-0.25, -0.2) is 9.79 Å². The summed E-state index contributed by atoms with van der Waals surface area (Å²) in [6.45, 7) is 1.83. The number of hydrogen-bond donors (Lipinski definition) is 1. The number of anilines is 1. The lowest BCUT2D eigenvalue weighted by atomic mass is 10.1. The maximum absolute atomic E-state index is 13.0. The third-order valence-electron chi connectivity index (χ3n) is 5.75. The summed E-state index contributed by atoms with van der Waals surface area (Å²) in [6.07, 6.45) is -4.47. The minimum absolute atomic E-state index is 0.109. The predicted molar refractivity (Wildman–Crippen MR) is 123 cm³/mol. The number of carbonyl (C=O) groups is 1. The van der Waals surface area contributed by atoms with E-state index in [1.807, 2.05) is 48.5 Å². The standard InChI is InChI=1S/C25H21F3N4O2/c26-25(27,28)17-6-5-7-18(16-17)29-24(33)32-14-12-31(13-15-32)23-19-8-1-3-10-21(19)34-22-11-4-2-9-20(22)30-23/h1-11,16H,12-15H2,(H,29,33). The fraction of sp³-hybridized carbons (Fsp3) is 0.200. The van der Waals surface area contributed by atoms with E-state index in [9.17, 15) is 18.0 Å². The smallest absolute Gasteiger partial charge is 0.416 e. The van der Waals surface area contributed by atoms with Gasteiger partial charge in [0.1, 0.15) is 17.3 Å². The van der Waals surface area contributed by atoms with Gasteiger partial charge in [-0.2, -0.15) is 13.2 Å². The Bertz CT molecular complexity index is 1250. The average molecular weight is 466 g/mol. The highest BCUT2D eigenvalue weighted by atomic mass is 19.4. The van der Waals surface area contributed by atoms with Crippen molar-refractivity contribution in [2.75, 3.05) is 31.5 Å². The molecular formula is C25H21F3N4O2. The summed E-state index contributed by atoms with van der Waals surface area (Å²) in [7, 11) is 0. The van der Waals surface area contributed by atoms with Gasteiger partial charge in [0.2, 0.25) is 0 Å². The van der Waals surface area contributed by atoms with Crippen molar-refractivity contribution in [2.24, 2.45) is 4.99 Å². The molecule has 1 N–H and O–H groups in total. The number of halogens is 3. The lowest BCUT2D eigenvalue weighted by molar-refractivity contribution is -0.137. The number of piperazine rings is 1. The Morgan fingerprint density at radius 3 is 2.35 bits per heavy atom. The van der Waals surface area contributed by atoms with Crippen molar-refractivity contribution < 1.29 is 22.7 Å². The van der Waals surface area contributed by atoms with Crippen molar-refractivity contribution >= 4 is 23.2 Å². The molecule has 3 aromatic carbocycles. The van der Waals surface area contributed by atoms with E-state index in [0.29, 0.717) is 37.7 Å². The zero-order chi connectivity index (χ0) is 23.7. The molecule has 0 atom stereocenters. The molecule has 174 valence electrons. The van der Waals surface area contributed by atoms with E-state index >= 15 is 0 Å². The first-order chi connectivity index (χ1) is 16.4. The van der Waals surface area contributed by atoms with Crippen molar-refractivity contribution in [1.82, 2.24) is 9.80 Å². The van der Waals surface area contributed by atoms with Gasteiger partial charge in [-0.15, -0.1) is 0 Å². The Morgan fingerprint density at radius 1 is 0.882 bits per heavy atom. The van der Waals surface area contributed by atoms with E-state index in [1.165, 1.54) is 12.1 Å². The number of hydrogen-bond acceptors (Lipinski definition) is 4. The molecule has 9 heteroatoms. The minimum Gasteiger partial charge on any atom is -0.454 e. The van der Waals surface area contributed by atoms with E-state index in [-0.39, 0.29) is 5.69 Å². The summed E-state index contributed by atoms with van der Waals surface area (Å²) < 4.78 is 45.0. The van der Waals surface area contributed by atoms with Crippen LogP contribution in [0.25, 0.3) is 0 Å². The Labute approximate surface area is 194 Å². The Kier molecular flexibility index (Phi) is 5.61. The number of nitrogens with zero attached hydrogens (tertiary/aromatic N) is 3. The van der Waals surface area contributed by atoms with Crippen LogP contribution in [0.4, 0.5) is 29.3 Å². The number of fused-ring (bicyclic) bond motifs is 2. The van der Waals surface area contributed by atoms with Gasteiger partial charge in [0.15, 0.2) is 5.75 Å². The second kappa shape index (κ2) is 8.74. The highest BCUT2D eigenvalue weighted by Gasteiger charge is 2.31. The number of para-hydroxylation sites is 3. The van der Waals surface area contributed by atoms with Gasteiger partial charge >= 0.3 is 12.2 Å². The van der Waals surface area contributed by atoms with Gasteiger partial charge < -0.3 is 19.9 Å². The normalized spacial score (nSPS) is 15.4. The predicted octanol–water partition coefficient (Wildman–Crippen LogP) is 5.74. The zero-order valence-corrected chi connectivity index (χ0v) is 18.0. The average Bonchev–Trinajstić information content (AvgIpc) is 3.00. The first-order valence-corrected chi connectivity index (χ1v) is 10.8. The summed E-state index contributed by atoms with van der Waals surface area (Å²) in [5, 5.41) is 2.58. The Hall–Kier alpha value is -4.01. The van der Waals surface area contributed by atoms with Crippen LogP contribution in [-0.2, 0) is 6.18 Å². The van der Waals surface area contributed by atoms with Crippen LogP contribution in [0.1, 0.15) is 11.1 Å². The zero-order valence-electron chi connectivity index (χ0n) is 18.0. The SMILES string of the molecule is O=C(Nc1cccc(C(F)(F)F)c1)N1CCN(C2=Nc3ccccc3Oc3ccccc32)CC1. The summed E-state index contributed by atoms with van der Waals surface area (Å²) >= 11 is 0. The van der Waals surface area contributed by atoms with Crippen molar-refractivity contribution in [3.8, 4) is 11.5 Å². The van der Waals surface area contributed by atoms with E-state index in [4.69, 9.17) is 9.73 Å². The molecule has 5 rings (SSSR count). The molecule has 0 aromatic heterocycles. The summed E-state index contributed by atoms with van der Waals surface area (Å²) in [4.78, 5) is 21.2. The number of nitrogens with one attached hydrogen (secondary N) is 1. The third kappa shape index (κ3) is 4.41. The molecule has 0 aliphatic carbocycles. The molecule has 2 aliphatic rings. The van der Waals surface area contributed by atoms with Crippen molar-refractivity contribution in [3.63, 3.8) is 0 Å². The summed E-state index contributed by atoms with van der Waals surface area (Å²) in [5.41, 5.74) is 0.889. The van der Waals surface area contributed by atoms with Gasteiger partial charge in [0.25, 0.3) is 0 Å². The quantitative estimate of drug-likeness (QED) is 0.498. The number of carbonyl (C=O) groups excluding carboxylic acids is 1. The lowest BCUT2D eigenvalue weighted by Crippen LogP contribution is -2.51. The second-order valence-electron chi connectivity index (χ2n) is 7.98. The molecule has 3 aromatic rings. The molecule has 6 nitrogen and oxygen atoms in total. The fourth-order valence-electron chi connectivity index (χ4n) is 4.01. The molecule has 2 heterocycles. The van der Waals surface area contributed by atoms with Gasteiger partial charge in [-0.05, 0) is 42.5 Å².